The maximum Gasteiger partial charge on any atom is 0.335 e. The van der Waals surface area contributed by atoms with E-state index in [9.17, 15) is 4.79 Å². The van der Waals surface area contributed by atoms with E-state index in [4.69, 9.17) is 28.3 Å². The molecule has 0 bridgehead atoms. The first-order valence-corrected chi connectivity index (χ1v) is 7.39. The van der Waals surface area contributed by atoms with E-state index in [2.05, 4.69) is 9.97 Å². The molecule has 1 aromatic carbocycles. The van der Waals surface area contributed by atoms with Crippen LogP contribution in [0.2, 0.25) is 10.0 Å². The number of carboxylic acids is 1. The number of rotatable bonds is 3. The van der Waals surface area contributed by atoms with Crippen LogP contribution in [0.1, 0.15) is 10.4 Å². The second-order valence-corrected chi connectivity index (χ2v) is 5.76. The lowest BCUT2D eigenvalue weighted by molar-refractivity contribution is 0.0697. The van der Waals surface area contributed by atoms with Crippen molar-refractivity contribution in [1.29, 1.82) is 0 Å². The van der Waals surface area contributed by atoms with Crippen molar-refractivity contribution in [3.05, 3.63) is 58.5 Å². The van der Waals surface area contributed by atoms with Crippen molar-refractivity contribution in [1.82, 2.24) is 14.5 Å². The summed E-state index contributed by atoms with van der Waals surface area (Å²) in [5, 5.41) is 10.2. The molecule has 0 radical (unpaired) electrons. The van der Waals surface area contributed by atoms with Gasteiger partial charge in [0.15, 0.2) is 0 Å². The van der Waals surface area contributed by atoms with Crippen molar-refractivity contribution < 1.29 is 9.90 Å². The molecule has 3 aromatic rings. The van der Waals surface area contributed by atoms with Crippen LogP contribution in [-0.2, 0) is 7.05 Å². The molecular formula is C16H11Cl2N3O2. The van der Waals surface area contributed by atoms with Gasteiger partial charge >= 0.3 is 5.97 Å². The molecule has 0 unspecified atom stereocenters. The Kier molecular flexibility index (Phi) is 4.07. The molecule has 23 heavy (non-hydrogen) atoms. The van der Waals surface area contributed by atoms with E-state index >= 15 is 0 Å². The quantitative estimate of drug-likeness (QED) is 0.772. The van der Waals surface area contributed by atoms with Gasteiger partial charge in [-0.1, -0.05) is 23.2 Å². The average Bonchev–Trinajstić information content (AvgIpc) is 2.89. The van der Waals surface area contributed by atoms with Gasteiger partial charge in [0.25, 0.3) is 0 Å². The van der Waals surface area contributed by atoms with Crippen molar-refractivity contribution in [2.45, 2.75) is 0 Å². The largest absolute Gasteiger partial charge is 0.478 e. The third-order valence-electron chi connectivity index (χ3n) is 3.37. The maximum atomic E-state index is 11.1. The van der Waals surface area contributed by atoms with Crippen molar-refractivity contribution in [3.8, 4) is 22.6 Å². The number of halogens is 2. The summed E-state index contributed by atoms with van der Waals surface area (Å²) < 4.78 is 1.81. The van der Waals surface area contributed by atoms with Gasteiger partial charge in [-0.3, -0.25) is 4.98 Å². The maximum absolute atomic E-state index is 11.1. The zero-order valence-electron chi connectivity index (χ0n) is 12.0. The number of nitrogens with zero attached hydrogens (tertiary/aromatic N) is 3. The number of aromatic nitrogens is 3. The van der Waals surface area contributed by atoms with E-state index < -0.39 is 5.97 Å². The monoisotopic (exact) mass is 347 g/mol. The summed E-state index contributed by atoms with van der Waals surface area (Å²) in [6, 6.07) is 8.10. The Morgan fingerprint density at radius 2 is 1.96 bits per heavy atom. The predicted molar refractivity (Wildman–Crippen MR) is 88.9 cm³/mol. The summed E-state index contributed by atoms with van der Waals surface area (Å²) in [4.78, 5) is 19.7. The number of imidazole rings is 1. The van der Waals surface area contributed by atoms with Crippen LogP contribution < -0.4 is 0 Å². The fourth-order valence-electron chi connectivity index (χ4n) is 2.31. The summed E-state index contributed by atoms with van der Waals surface area (Å²) in [6.07, 6.45) is 3.07. The number of carboxylic acid groups (broad SMARTS) is 1. The molecule has 116 valence electrons. The van der Waals surface area contributed by atoms with Crippen LogP contribution in [0.15, 0.2) is 42.9 Å². The van der Waals surface area contributed by atoms with Gasteiger partial charge in [-0.05, 0) is 30.3 Å². The topological polar surface area (TPSA) is 68.0 Å². The number of hydrogen-bond acceptors (Lipinski definition) is 3. The van der Waals surface area contributed by atoms with Crippen LogP contribution in [0.3, 0.4) is 0 Å². The minimum atomic E-state index is -1.02. The zero-order chi connectivity index (χ0) is 16.6. The van der Waals surface area contributed by atoms with E-state index in [0.717, 1.165) is 11.3 Å². The van der Waals surface area contributed by atoms with Crippen molar-refractivity contribution in [2.24, 2.45) is 7.05 Å². The smallest absolute Gasteiger partial charge is 0.335 e. The summed E-state index contributed by atoms with van der Waals surface area (Å²) in [5.74, 6) is -1.02. The first-order valence-electron chi connectivity index (χ1n) is 6.64. The highest BCUT2D eigenvalue weighted by atomic mass is 35.5. The molecular weight excluding hydrogens is 337 g/mol. The van der Waals surface area contributed by atoms with Crippen LogP contribution in [0, 0.1) is 0 Å². The molecule has 2 aromatic heterocycles. The molecule has 0 aliphatic carbocycles. The molecule has 0 atom stereocenters. The number of aromatic carboxylic acids is 1. The third-order valence-corrected chi connectivity index (χ3v) is 3.92. The van der Waals surface area contributed by atoms with Gasteiger partial charge in [0.1, 0.15) is 5.69 Å². The molecule has 2 heterocycles. The first kappa shape index (κ1) is 15.5. The molecule has 0 spiro atoms. The highest BCUT2D eigenvalue weighted by Gasteiger charge is 2.18. The highest BCUT2D eigenvalue weighted by molar-refractivity contribution is 6.36. The predicted octanol–water partition coefficient (Wildman–Crippen LogP) is 4.15. The fourth-order valence-corrected chi connectivity index (χ4v) is 2.81. The summed E-state index contributed by atoms with van der Waals surface area (Å²) in [6.45, 7) is 0. The van der Waals surface area contributed by atoms with Gasteiger partial charge in [0.05, 0.1) is 28.3 Å². The van der Waals surface area contributed by atoms with E-state index in [-0.39, 0.29) is 5.56 Å². The minimum absolute atomic E-state index is 0.147. The average molecular weight is 348 g/mol. The van der Waals surface area contributed by atoms with E-state index in [0.29, 0.717) is 21.4 Å². The molecule has 1 N–H and O–H groups in total. The lowest BCUT2D eigenvalue weighted by Gasteiger charge is -2.09. The number of aryl methyl sites for hydroxylation is 1. The Morgan fingerprint density at radius 3 is 2.65 bits per heavy atom. The van der Waals surface area contributed by atoms with Gasteiger partial charge in [-0.25, -0.2) is 9.78 Å². The molecule has 0 saturated carbocycles. The molecule has 0 aliphatic rings. The number of carbonyl (C=O) groups is 1. The summed E-state index contributed by atoms with van der Waals surface area (Å²) in [7, 11) is 1.83. The lowest BCUT2D eigenvalue weighted by atomic mass is 10.1. The van der Waals surface area contributed by atoms with Crippen LogP contribution in [0.4, 0.5) is 0 Å². The Bertz CT molecular complexity index is 906. The normalized spacial score (nSPS) is 10.7. The van der Waals surface area contributed by atoms with Gasteiger partial charge in [-0.15, -0.1) is 0 Å². The van der Waals surface area contributed by atoms with E-state index in [1.54, 1.807) is 29.1 Å². The Hall–Kier alpha value is -2.37. The molecule has 0 saturated heterocycles. The van der Waals surface area contributed by atoms with Crippen molar-refractivity contribution in [2.75, 3.05) is 0 Å². The van der Waals surface area contributed by atoms with Crippen molar-refractivity contribution >= 4 is 29.2 Å². The molecule has 5 nitrogen and oxygen atoms in total. The van der Waals surface area contributed by atoms with Gasteiger partial charge in [0, 0.05) is 23.8 Å². The molecule has 7 heteroatoms. The fraction of sp³-hybridized carbons (Fsp3) is 0.0625. The second kappa shape index (κ2) is 6.02. The number of pyridine rings is 1. The summed E-state index contributed by atoms with van der Waals surface area (Å²) in [5.41, 5.74) is 2.65. The summed E-state index contributed by atoms with van der Waals surface area (Å²) >= 11 is 12.2. The molecule has 0 fully saturated rings. The standard InChI is InChI=1S/C16H11Cl2N3O2/c1-21-8-20-14(13-6-9(16(22)23)4-5-19-13)15(21)11-3-2-10(17)7-12(11)18/h2-8H,1H3,(H,22,23). The van der Waals surface area contributed by atoms with E-state index in [1.807, 2.05) is 7.05 Å². The molecule has 0 amide bonds. The Balaban J connectivity index is 2.20. The SMILES string of the molecule is Cn1cnc(-c2cc(C(=O)O)ccn2)c1-c1ccc(Cl)cc1Cl. The minimum Gasteiger partial charge on any atom is -0.478 e. The van der Waals surface area contributed by atoms with Crippen molar-refractivity contribution in [3.63, 3.8) is 0 Å². The van der Waals surface area contributed by atoms with E-state index in [1.165, 1.54) is 18.3 Å². The second-order valence-electron chi connectivity index (χ2n) is 4.91. The number of benzene rings is 1. The van der Waals surface area contributed by atoms with Crippen LogP contribution in [0.25, 0.3) is 22.6 Å². The van der Waals surface area contributed by atoms with Crippen LogP contribution in [-0.4, -0.2) is 25.6 Å². The van der Waals surface area contributed by atoms with Crippen LogP contribution in [0.5, 0.6) is 0 Å². The highest BCUT2D eigenvalue weighted by Crippen LogP contribution is 2.35. The van der Waals surface area contributed by atoms with Gasteiger partial charge in [-0.2, -0.15) is 0 Å². The molecule has 3 rings (SSSR count). The van der Waals surface area contributed by atoms with Crippen LogP contribution >= 0.6 is 23.2 Å². The third kappa shape index (κ3) is 2.93. The lowest BCUT2D eigenvalue weighted by Crippen LogP contribution is -1.98. The Labute approximate surface area is 142 Å². The molecule has 0 aliphatic heterocycles. The first-order chi connectivity index (χ1) is 11.0. The number of hydrogen-bond donors (Lipinski definition) is 1. The zero-order valence-corrected chi connectivity index (χ0v) is 13.5. The van der Waals surface area contributed by atoms with Gasteiger partial charge < -0.3 is 9.67 Å². The van der Waals surface area contributed by atoms with Gasteiger partial charge in [0.2, 0.25) is 0 Å². The Morgan fingerprint density at radius 1 is 1.17 bits per heavy atom.